The van der Waals surface area contributed by atoms with Crippen LogP contribution in [0.15, 0.2) is 0 Å². The van der Waals surface area contributed by atoms with Gasteiger partial charge < -0.3 is 25.6 Å². The average Bonchev–Trinajstić information content (AvgIpc) is 2.27. The van der Waals surface area contributed by atoms with Gasteiger partial charge in [-0.05, 0) is 26.7 Å². The zero-order valence-corrected chi connectivity index (χ0v) is 11.3. The van der Waals surface area contributed by atoms with E-state index < -0.39 is 12.1 Å². The molecule has 0 spiro atoms. The van der Waals surface area contributed by atoms with E-state index in [-0.39, 0.29) is 30.6 Å². The Hall–Kier alpha value is -1.34. The molecule has 1 aliphatic heterocycles. The maximum atomic E-state index is 11.6. The number of carboxylic acids is 1. The van der Waals surface area contributed by atoms with Crippen molar-refractivity contribution in [2.24, 2.45) is 0 Å². The van der Waals surface area contributed by atoms with Crippen molar-refractivity contribution in [3.8, 4) is 0 Å². The number of nitrogens with one attached hydrogen (secondary N) is 2. The second kappa shape index (κ2) is 6.72. The van der Waals surface area contributed by atoms with Gasteiger partial charge in [-0.3, -0.25) is 0 Å². The quantitative estimate of drug-likeness (QED) is 0.568. The van der Waals surface area contributed by atoms with E-state index in [9.17, 15) is 9.59 Å². The Morgan fingerprint density at radius 3 is 2.74 bits per heavy atom. The number of hydrogen-bond acceptors (Lipinski definition) is 4. The molecule has 110 valence electrons. The van der Waals surface area contributed by atoms with Crippen molar-refractivity contribution in [2.75, 3.05) is 13.2 Å². The molecular weight excluding hydrogens is 252 g/mol. The summed E-state index contributed by atoms with van der Waals surface area (Å²) in [6.45, 7) is 4.67. The number of carbonyl (C=O) groups is 2. The summed E-state index contributed by atoms with van der Waals surface area (Å²) in [6, 6.07) is -0.298. The van der Waals surface area contributed by atoms with Crippen LogP contribution in [0.3, 0.4) is 0 Å². The number of aliphatic hydroxyl groups is 1. The van der Waals surface area contributed by atoms with Crippen LogP contribution in [0.4, 0.5) is 4.79 Å². The van der Waals surface area contributed by atoms with Crippen molar-refractivity contribution >= 4 is 12.0 Å². The Kier molecular flexibility index (Phi) is 5.56. The van der Waals surface area contributed by atoms with E-state index in [1.165, 1.54) is 0 Å². The molecule has 1 rings (SSSR count). The predicted octanol–water partition coefficient (Wildman–Crippen LogP) is 0.0788. The number of amides is 2. The van der Waals surface area contributed by atoms with Crippen molar-refractivity contribution in [2.45, 2.75) is 50.9 Å². The molecule has 0 aromatic rings. The van der Waals surface area contributed by atoms with Crippen molar-refractivity contribution in [1.82, 2.24) is 10.6 Å². The minimum atomic E-state index is -1.44. The number of urea groups is 1. The van der Waals surface area contributed by atoms with E-state index in [1.54, 1.807) is 0 Å². The number of aliphatic hydroxyl groups excluding tert-OH is 1. The van der Waals surface area contributed by atoms with E-state index in [0.29, 0.717) is 6.61 Å². The number of carbonyl (C=O) groups excluding carboxylic acids is 1. The fourth-order valence-electron chi connectivity index (χ4n) is 2.04. The Labute approximate surface area is 112 Å². The molecule has 0 radical (unpaired) electrons. The summed E-state index contributed by atoms with van der Waals surface area (Å²) in [6.07, 6.45) is 0.0386. The molecule has 0 saturated carbocycles. The summed E-state index contributed by atoms with van der Waals surface area (Å²) in [7, 11) is 0. The molecule has 1 fully saturated rings. The Morgan fingerprint density at radius 2 is 2.16 bits per heavy atom. The van der Waals surface area contributed by atoms with Crippen LogP contribution in [-0.2, 0) is 9.53 Å². The van der Waals surface area contributed by atoms with Crippen molar-refractivity contribution in [3.63, 3.8) is 0 Å². The molecule has 0 aromatic heterocycles. The van der Waals surface area contributed by atoms with Gasteiger partial charge in [0, 0.05) is 25.6 Å². The van der Waals surface area contributed by atoms with E-state index in [4.69, 9.17) is 14.9 Å². The largest absolute Gasteiger partial charge is 0.479 e. The average molecular weight is 274 g/mol. The third-order valence-corrected chi connectivity index (χ3v) is 3.02. The number of hydrogen-bond donors (Lipinski definition) is 4. The topological polar surface area (TPSA) is 108 Å². The molecule has 0 aliphatic carbocycles. The Balaban J connectivity index is 2.22. The van der Waals surface area contributed by atoms with E-state index in [2.05, 4.69) is 10.6 Å². The van der Waals surface area contributed by atoms with Crippen LogP contribution in [0.5, 0.6) is 0 Å². The number of aliphatic carboxylic acids is 1. The molecule has 2 amide bonds. The van der Waals surface area contributed by atoms with Crippen LogP contribution < -0.4 is 10.6 Å². The first kappa shape index (κ1) is 15.7. The van der Waals surface area contributed by atoms with Gasteiger partial charge in [0.15, 0.2) is 6.10 Å². The van der Waals surface area contributed by atoms with Gasteiger partial charge in [0.25, 0.3) is 0 Å². The van der Waals surface area contributed by atoms with E-state index in [0.717, 1.165) is 12.8 Å². The predicted molar refractivity (Wildman–Crippen MR) is 67.8 cm³/mol. The van der Waals surface area contributed by atoms with Gasteiger partial charge in [-0.15, -0.1) is 0 Å². The van der Waals surface area contributed by atoms with Crippen molar-refractivity contribution < 1.29 is 24.5 Å². The van der Waals surface area contributed by atoms with Crippen molar-refractivity contribution in [3.05, 3.63) is 0 Å². The van der Waals surface area contributed by atoms with Crippen LogP contribution in [0, 0.1) is 0 Å². The highest BCUT2D eigenvalue weighted by Gasteiger charge is 2.29. The standard InChI is InChI=1S/C12H22N2O5/c1-12(2)7-8(4-6-19-12)14-11(18)13-5-3-9(15)10(16)17/h8-9,15H,3-7H2,1-2H3,(H,16,17)(H2,13,14,18)/t8?,9-/m0/s1. The molecule has 19 heavy (non-hydrogen) atoms. The summed E-state index contributed by atoms with van der Waals surface area (Å²) >= 11 is 0. The molecule has 0 aromatic carbocycles. The fraction of sp³-hybridized carbons (Fsp3) is 0.833. The maximum absolute atomic E-state index is 11.6. The molecule has 0 bridgehead atoms. The monoisotopic (exact) mass is 274 g/mol. The van der Waals surface area contributed by atoms with Gasteiger partial charge >= 0.3 is 12.0 Å². The van der Waals surface area contributed by atoms with Gasteiger partial charge in [-0.25, -0.2) is 9.59 Å². The number of rotatable bonds is 5. The third kappa shape index (κ3) is 5.89. The highest BCUT2D eigenvalue weighted by Crippen LogP contribution is 2.23. The summed E-state index contributed by atoms with van der Waals surface area (Å²) < 4.78 is 5.55. The first-order chi connectivity index (χ1) is 8.80. The lowest BCUT2D eigenvalue weighted by atomic mass is 9.94. The van der Waals surface area contributed by atoms with Crippen LogP contribution in [-0.4, -0.2) is 53.1 Å². The summed E-state index contributed by atoms with van der Waals surface area (Å²) in [5.41, 5.74) is -0.240. The molecule has 1 heterocycles. The number of ether oxygens (including phenoxy) is 1. The van der Waals surface area contributed by atoms with Crippen LogP contribution in [0.2, 0.25) is 0 Å². The third-order valence-electron chi connectivity index (χ3n) is 3.02. The summed E-state index contributed by atoms with van der Waals surface area (Å²) in [4.78, 5) is 22.0. The molecular formula is C12H22N2O5. The summed E-state index contributed by atoms with van der Waals surface area (Å²) in [5.74, 6) is -1.28. The van der Waals surface area contributed by atoms with Gasteiger partial charge in [0.05, 0.1) is 5.60 Å². The lowest BCUT2D eigenvalue weighted by Gasteiger charge is -2.35. The minimum absolute atomic E-state index is 0.0119. The van der Waals surface area contributed by atoms with Gasteiger partial charge in [0.1, 0.15) is 0 Å². The lowest BCUT2D eigenvalue weighted by Crippen LogP contribution is -2.49. The number of carboxylic acid groups (broad SMARTS) is 1. The first-order valence-corrected chi connectivity index (χ1v) is 6.39. The zero-order valence-electron chi connectivity index (χ0n) is 11.3. The van der Waals surface area contributed by atoms with Crippen LogP contribution >= 0.6 is 0 Å². The molecule has 1 aliphatic rings. The summed E-state index contributed by atoms with van der Waals surface area (Å²) in [5, 5.41) is 22.9. The van der Waals surface area contributed by atoms with Crippen LogP contribution in [0.1, 0.15) is 33.1 Å². The van der Waals surface area contributed by atoms with Gasteiger partial charge in [-0.1, -0.05) is 0 Å². The van der Waals surface area contributed by atoms with Gasteiger partial charge in [0.2, 0.25) is 0 Å². The minimum Gasteiger partial charge on any atom is -0.479 e. The molecule has 1 saturated heterocycles. The smallest absolute Gasteiger partial charge is 0.332 e. The SMILES string of the molecule is CC1(C)CC(NC(=O)NCC[C@H](O)C(=O)O)CCO1. The molecule has 7 heteroatoms. The first-order valence-electron chi connectivity index (χ1n) is 6.39. The molecule has 4 N–H and O–H groups in total. The van der Waals surface area contributed by atoms with Crippen LogP contribution in [0.25, 0.3) is 0 Å². The second-order valence-corrected chi connectivity index (χ2v) is 5.34. The zero-order chi connectivity index (χ0) is 14.5. The lowest BCUT2D eigenvalue weighted by molar-refractivity contribution is -0.146. The van der Waals surface area contributed by atoms with Crippen molar-refractivity contribution in [1.29, 1.82) is 0 Å². The maximum Gasteiger partial charge on any atom is 0.332 e. The van der Waals surface area contributed by atoms with E-state index >= 15 is 0 Å². The second-order valence-electron chi connectivity index (χ2n) is 5.34. The fourth-order valence-corrected chi connectivity index (χ4v) is 2.04. The van der Waals surface area contributed by atoms with Gasteiger partial charge in [-0.2, -0.15) is 0 Å². The highest BCUT2D eigenvalue weighted by molar-refractivity contribution is 5.74. The highest BCUT2D eigenvalue weighted by atomic mass is 16.5. The normalized spacial score (nSPS) is 23.4. The van der Waals surface area contributed by atoms with E-state index in [1.807, 2.05) is 13.8 Å². The Morgan fingerprint density at radius 1 is 1.47 bits per heavy atom. The molecule has 7 nitrogen and oxygen atoms in total. The molecule has 1 unspecified atom stereocenters. The molecule has 2 atom stereocenters. The Bertz CT molecular complexity index is 332.